The van der Waals surface area contributed by atoms with Crippen molar-refractivity contribution >= 4 is 9.84 Å². The van der Waals surface area contributed by atoms with Gasteiger partial charge in [-0.3, -0.25) is 0 Å². The standard InChI is InChI=1S/C8H20N2O3S/c1-10(2)7-8(11)6-9-4-5-14(3,12)13/h8-9,11H,4-7H2,1-3H3. The number of hydrogen-bond acceptors (Lipinski definition) is 5. The van der Waals surface area contributed by atoms with Gasteiger partial charge >= 0.3 is 0 Å². The van der Waals surface area contributed by atoms with Crippen LogP contribution in [0, 0.1) is 0 Å². The van der Waals surface area contributed by atoms with Crippen molar-refractivity contribution in [3.8, 4) is 0 Å². The van der Waals surface area contributed by atoms with Crippen molar-refractivity contribution in [3.63, 3.8) is 0 Å². The summed E-state index contributed by atoms with van der Waals surface area (Å²) in [6.45, 7) is 1.39. The molecule has 1 unspecified atom stereocenters. The third-order valence-electron chi connectivity index (χ3n) is 1.61. The Hall–Kier alpha value is -0.170. The molecule has 0 bridgehead atoms. The molecule has 0 amide bonds. The summed E-state index contributed by atoms with van der Waals surface area (Å²) in [5.41, 5.74) is 0. The van der Waals surface area contributed by atoms with Gasteiger partial charge in [0.2, 0.25) is 0 Å². The molecule has 0 radical (unpaired) electrons. The molecular weight excluding hydrogens is 204 g/mol. The SMILES string of the molecule is CN(C)CC(O)CNCCS(C)(=O)=O. The van der Waals surface area contributed by atoms with Crippen LogP contribution in [0.25, 0.3) is 0 Å². The largest absolute Gasteiger partial charge is 0.390 e. The normalized spacial score (nSPS) is 14.6. The van der Waals surface area contributed by atoms with Crippen LogP contribution < -0.4 is 5.32 Å². The number of nitrogens with zero attached hydrogens (tertiary/aromatic N) is 1. The molecule has 0 aromatic rings. The summed E-state index contributed by atoms with van der Waals surface area (Å²) in [5.74, 6) is 0.113. The molecule has 0 aliphatic rings. The molecule has 0 rings (SSSR count). The lowest BCUT2D eigenvalue weighted by molar-refractivity contribution is 0.135. The molecule has 0 saturated carbocycles. The zero-order chi connectivity index (χ0) is 11.2. The predicted octanol–water partition coefficient (Wildman–Crippen LogP) is -1.46. The first-order chi connectivity index (χ1) is 6.31. The van der Waals surface area contributed by atoms with Crippen LogP contribution in [0.15, 0.2) is 0 Å². The average Bonchev–Trinajstić information content (AvgIpc) is 1.95. The van der Waals surface area contributed by atoms with Crippen molar-refractivity contribution in [1.82, 2.24) is 10.2 Å². The van der Waals surface area contributed by atoms with Gasteiger partial charge in [-0.05, 0) is 14.1 Å². The smallest absolute Gasteiger partial charge is 0.148 e. The van der Waals surface area contributed by atoms with E-state index in [0.717, 1.165) is 0 Å². The quantitative estimate of drug-likeness (QED) is 0.517. The molecule has 14 heavy (non-hydrogen) atoms. The lowest BCUT2D eigenvalue weighted by Gasteiger charge is -2.16. The Labute approximate surface area is 86.0 Å². The molecule has 0 aliphatic carbocycles. The van der Waals surface area contributed by atoms with Gasteiger partial charge in [-0.25, -0.2) is 8.42 Å². The second-order valence-electron chi connectivity index (χ2n) is 3.75. The van der Waals surface area contributed by atoms with Crippen molar-refractivity contribution in [2.75, 3.05) is 45.7 Å². The van der Waals surface area contributed by atoms with Crippen molar-refractivity contribution in [1.29, 1.82) is 0 Å². The molecule has 0 heterocycles. The van der Waals surface area contributed by atoms with Gasteiger partial charge in [-0.2, -0.15) is 0 Å². The fraction of sp³-hybridized carbons (Fsp3) is 1.00. The highest BCUT2D eigenvalue weighted by atomic mass is 32.2. The van der Waals surface area contributed by atoms with Crippen molar-refractivity contribution < 1.29 is 13.5 Å². The number of nitrogens with one attached hydrogen (secondary N) is 1. The average molecular weight is 224 g/mol. The van der Waals surface area contributed by atoms with E-state index in [9.17, 15) is 13.5 Å². The zero-order valence-electron chi connectivity index (χ0n) is 9.02. The van der Waals surface area contributed by atoms with Gasteiger partial charge in [-0.15, -0.1) is 0 Å². The third kappa shape index (κ3) is 9.91. The topological polar surface area (TPSA) is 69.6 Å². The van der Waals surface area contributed by atoms with E-state index in [1.54, 1.807) is 0 Å². The van der Waals surface area contributed by atoms with Gasteiger partial charge in [0.15, 0.2) is 0 Å². The lowest BCUT2D eigenvalue weighted by atomic mass is 10.3. The molecular formula is C8H20N2O3S. The molecule has 86 valence electrons. The van der Waals surface area contributed by atoms with E-state index in [4.69, 9.17) is 0 Å². The number of hydrogen-bond donors (Lipinski definition) is 2. The second-order valence-corrected chi connectivity index (χ2v) is 6.01. The molecule has 0 aliphatic heterocycles. The van der Waals surface area contributed by atoms with E-state index in [0.29, 0.717) is 19.6 Å². The van der Waals surface area contributed by atoms with E-state index in [-0.39, 0.29) is 5.75 Å². The summed E-state index contributed by atoms with van der Waals surface area (Å²) < 4.78 is 21.5. The minimum Gasteiger partial charge on any atom is -0.390 e. The van der Waals surface area contributed by atoms with Crippen LogP contribution in [-0.2, 0) is 9.84 Å². The fourth-order valence-corrected chi connectivity index (χ4v) is 1.53. The zero-order valence-corrected chi connectivity index (χ0v) is 9.84. The summed E-state index contributed by atoms with van der Waals surface area (Å²) in [7, 11) is 0.850. The minimum atomic E-state index is -2.90. The molecule has 0 spiro atoms. The van der Waals surface area contributed by atoms with Gasteiger partial charge in [0, 0.05) is 25.9 Å². The van der Waals surface area contributed by atoms with Crippen LogP contribution in [0.4, 0.5) is 0 Å². The molecule has 2 N–H and O–H groups in total. The molecule has 0 saturated heterocycles. The predicted molar refractivity (Wildman–Crippen MR) is 57.1 cm³/mol. The molecule has 0 aromatic carbocycles. The highest BCUT2D eigenvalue weighted by Crippen LogP contribution is 1.85. The lowest BCUT2D eigenvalue weighted by Crippen LogP contribution is -2.36. The van der Waals surface area contributed by atoms with Crippen LogP contribution >= 0.6 is 0 Å². The molecule has 6 heteroatoms. The number of aliphatic hydroxyl groups excluding tert-OH is 1. The summed E-state index contributed by atoms with van der Waals surface area (Å²) in [6.07, 6.45) is 0.745. The number of rotatable bonds is 7. The van der Waals surface area contributed by atoms with Gasteiger partial charge in [0.05, 0.1) is 11.9 Å². The molecule has 5 nitrogen and oxygen atoms in total. The highest BCUT2D eigenvalue weighted by Gasteiger charge is 2.05. The minimum absolute atomic E-state index is 0.113. The summed E-state index contributed by atoms with van der Waals surface area (Å²) in [4.78, 5) is 1.88. The van der Waals surface area contributed by atoms with E-state index in [1.165, 1.54) is 6.26 Å². The van der Waals surface area contributed by atoms with Crippen molar-refractivity contribution in [3.05, 3.63) is 0 Å². The maximum absolute atomic E-state index is 10.7. The first-order valence-electron chi connectivity index (χ1n) is 4.52. The second kappa shape index (κ2) is 6.34. The Balaban J connectivity index is 3.45. The van der Waals surface area contributed by atoms with E-state index in [2.05, 4.69) is 5.32 Å². The van der Waals surface area contributed by atoms with Crippen LogP contribution in [-0.4, -0.2) is 70.3 Å². The number of sulfone groups is 1. The Morgan fingerprint density at radius 1 is 1.43 bits per heavy atom. The maximum atomic E-state index is 10.7. The fourth-order valence-electron chi connectivity index (χ4n) is 1.01. The number of likely N-dealkylation sites (N-methyl/N-ethyl adjacent to an activating group) is 1. The van der Waals surface area contributed by atoms with Gasteiger partial charge in [0.1, 0.15) is 9.84 Å². The monoisotopic (exact) mass is 224 g/mol. The Morgan fingerprint density at radius 2 is 2.00 bits per heavy atom. The van der Waals surface area contributed by atoms with Crippen LogP contribution in [0.1, 0.15) is 0 Å². The van der Waals surface area contributed by atoms with Crippen LogP contribution in [0.3, 0.4) is 0 Å². The van der Waals surface area contributed by atoms with Gasteiger partial charge in [-0.1, -0.05) is 0 Å². The molecule has 0 fully saturated rings. The molecule has 0 aromatic heterocycles. The highest BCUT2D eigenvalue weighted by molar-refractivity contribution is 7.90. The Kier molecular flexibility index (Phi) is 6.26. The first kappa shape index (κ1) is 13.8. The van der Waals surface area contributed by atoms with Crippen LogP contribution in [0.2, 0.25) is 0 Å². The number of aliphatic hydroxyl groups is 1. The summed E-state index contributed by atoms with van der Waals surface area (Å²) in [5, 5.41) is 12.3. The third-order valence-corrected chi connectivity index (χ3v) is 2.55. The van der Waals surface area contributed by atoms with Crippen molar-refractivity contribution in [2.24, 2.45) is 0 Å². The first-order valence-corrected chi connectivity index (χ1v) is 6.58. The van der Waals surface area contributed by atoms with Crippen molar-refractivity contribution in [2.45, 2.75) is 6.10 Å². The van der Waals surface area contributed by atoms with Gasteiger partial charge < -0.3 is 15.3 Å². The van der Waals surface area contributed by atoms with E-state index >= 15 is 0 Å². The Bertz CT molecular complexity index is 239. The summed E-state index contributed by atoms with van der Waals surface area (Å²) >= 11 is 0. The van der Waals surface area contributed by atoms with Crippen LogP contribution in [0.5, 0.6) is 0 Å². The van der Waals surface area contributed by atoms with E-state index in [1.807, 2.05) is 19.0 Å². The summed E-state index contributed by atoms with van der Waals surface area (Å²) in [6, 6.07) is 0. The Morgan fingerprint density at radius 3 is 2.43 bits per heavy atom. The van der Waals surface area contributed by atoms with Gasteiger partial charge in [0.25, 0.3) is 0 Å². The van der Waals surface area contributed by atoms with E-state index < -0.39 is 15.9 Å². The maximum Gasteiger partial charge on any atom is 0.148 e. The molecule has 1 atom stereocenters.